The third-order valence-corrected chi connectivity index (χ3v) is 25.3. The number of piperazine rings is 4. The molecule has 14 aromatic rings. The number of allylic oxidation sites excluding steroid dienone is 1. The fraction of sp³-hybridized carbons (Fsp3) is 0.356. The van der Waals surface area contributed by atoms with Gasteiger partial charge in [-0.1, -0.05) is 41.5 Å². The van der Waals surface area contributed by atoms with Crippen LogP contribution in [0.3, 0.4) is 0 Å². The lowest BCUT2D eigenvalue weighted by Crippen LogP contribution is -2.63. The van der Waals surface area contributed by atoms with Gasteiger partial charge in [0.15, 0.2) is 22.6 Å². The molecule has 730 valence electrons. The van der Waals surface area contributed by atoms with Crippen molar-refractivity contribution in [1.82, 2.24) is 118 Å². The first-order valence-electron chi connectivity index (χ1n) is 46.1. The van der Waals surface area contributed by atoms with Crippen LogP contribution in [0, 0.1) is 30.2 Å². The molecule has 40 heteroatoms. The van der Waals surface area contributed by atoms with E-state index in [-0.39, 0.29) is 130 Å². The van der Waals surface area contributed by atoms with Crippen LogP contribution in [0.5, 0.6) is 0 Å². The van der Waals surface area contributed by atoms with Crippen molar-refractivity contribution >= 4 is 76.1 Å². The van der Waals surface area contributed by atoms with Gasteiger partial charge in [-0.2, -0.15) is 20.4 Å². The van der Waals surface area contributed by atoms with E-state index in [9.17, 15) is 64.7 Å². The number of aryl methyl sites for hydroxylation is 1. The van der Waals surface area contributed by atoms with Gasteiger partial charge < -0.3 is 44.0 Å². The zero-order valence-corrected chi connectivity index (χ0v) is 80.6. The Morgan fingerprint density at radius 3 is 1.10 bits per heavy atom. The van der Waals surface area contributed by atoms with Crippen molar-refractivity contribution in [2.75, 3.05) is 72.0 Å². The zero-order chi connectivity index (χ0) is 101. The molecule has 4 fully saturated rings. The number of hydrogen-bond donors (Lipinski definition) is 1. The van der Waals surface area contributed by atoms with Crippen molar-refractivity contribution in [1.29, 1.82) is 0 Å². The molecule has 10 aromatic heterocycles. The Labute approximate surface area is 806 Å². The SMILES string of the molecule is CC(C)c1cc(-c2ccc(F)cc2)nn2cc(C(=O)N3CCN(C(=O)C4=CCC=N4)CC3(C)C)nc12.CC(C)c1cc(-c2ccc(F)cc2)nn2cc(C(=O)N3CCN(C(=O)c4ncccn4)CC3(C)C)nc12.CC(F)(F)c1cc(-c2ccc(F)cc2)nn2cc(C(=O)N3CCNC(=O)C3(C)C)nc12.Cc1nnc(C(=O)N2CCN(C(=O)c3cn4nc(-c5ccc(F)cc5)cc(C(C)C)c4n3)C(C)(C)C2)o1. The first-order valence-corrected chi connectivity index (χ1v) is 46.1. The van der Waals surface area contributed by atoms with Crippen LogP contribution in [-0.4, -0.2) is 260 Å². The highest BCUT2D eigenvalue weighted by Gasteiger charge is 2.46. The van der Waals surface area contributed by atoms with Crippen LogP contribution in [0.4, 0.5) is 26.3 Å². The van der Waals surface area contributed by atoms with Crippen molar-refractivity contribution in [3.63, 3.8) is 0 Å². The van der Waals surface area contributed by atoms with Gasteiger partial charge >= 0.3 is 11.8 Å². The molecule has 34 nitrogen and oxygen atoms in total. The quantitative estimate of drug-likeness (QED) is 0.0931. The highest BCUT2D eigenvalue weighted by molar-refractivity contribution is 6.01. The first kappa shape index (κ1) is 98.4. The molecule has 4 saturated heterocycles. The van der Waals surface area contributed by atoms with E-state index in [4.69, 9.17) is 4.42 Å². The molecule has 8 amide bonds. The summed E-state index contributed by atoms with van der Waals surface area (Å²) in [7, 11) is 0. The summed E-state index contributed by atoms with van der Waals surface area (Å²) in [5.41, 5.74) is 7.23. The predicted octanol–water partition coefficient (Wildman–Crippen LogP) is 14.6. The van der Waals surface area contributed by atoms with Crippen molar-refractivity contribution in [2.45, 2.75) is 163 Å². The number of imidazole rings is 4. The Hall–Kier alpha value is -15.7. The molecule has 1 N–H and O–H groups in total. The molecule has 5 aliphatic rings. The van der Waals surface area contributed by atoms with Crippen LogP contribution in [-0.2, 0) is 15.5 Å². The summed E-state index contributed by atoms with van der Waals surface area (Å²) in [6, 6.07) is 32.4. The Kier molecular flexibility index (Phi) is 27.2. The largest absolute Gasteiger partial charge is 0.417 e. The van der Waals surface area contributed by atoms with Crippen molar-refractivity contribution < 1.29 is 69.1 Å². The van der Waals surface area contributed by atoms with Gasteiger partial charge in [0.1, 0.15) is 57.3 Å². The van der Waals surface area contributed by atoms with E-state index < -0.39 is 45.4 Å². The van der Waals surface area contributed by atoms with Gasteiger partial charge in [-0.15, -0.1) is 10.2 Å². The molecule has 0 radical (unpaired) electrons. The van der Waals surface area contributed by atoms with E-state index in [0.29, 0.717) is 122 Å². The van der Waals surface area contributed by atoms with Crippen LogP contribution in [0.1, 0.15) is 219 Å². The molecule has 0 bridgehead atoms. The molecular formula is C101H105F6N25O9. The summed E-state index contributed by atoms with van der Waals surface area (Å²) < 4.78 is 93.7. The van der Waals surface area contributed by atoms with E-state index in [1.165, 1.54) is 90.2 Å². The van der Waals surface area contributed by atoms with Gasteiger partial charge in [-0.3, -0.25) is 43.3 Å². The second-order valence-corrected chi connectivity index (χ2v) is 38.5. The second kappa shape index (κ2) is 39.0. The number of nitrogens with one attached hydrogen (secondary N) is 1. The lowest BCUT2D eigenvalue weighted by atomic mass is 9.98. The third-order valence-electron chi connectivity index (χ3n) is 25.3. The molecule has 5 aliphatic heterocycles. The molecule has 0 unspecified atom stereocenters. The lowest BCUT2D eigenvalue weighted by molar-refractivity contribution is -0.133. The summed E-state index contributed by atoms with van der Waals surface area (Å²) in [6.07, 6.45) is 13.5. The van der Waals surface area contributed by atoms with Gasteiger partial charge in [0.25, 0.3) is 41.4 Å². The fourth-order valence-corrected chi connectivity index (χ4v) is 17.7. The summed E-state index contributed by atoms with van der Waals surface area (Å²) in [5, 5.41) is 28.5. The van der Waals surface area contributed by atoms with Gasteiger partial charge in [-0.25, -0.2) is 74.3 Å². The minimum atomic E-state index is -3.27. The number of carbonyl (C=O) groups excluding carboxylic acids is 8. The Balaban J connectivity index is 0.000000136. The standard InChI is InChI=1S/C27H28FN7O2.C27H29FN6O2.C26H28FN7O3.C21H20F3N5O2/c1-17(2)20-14-21(18-6-8-19(28)9-7-18)32-35-15-22(31-24(20)35)25(36)34-13-12-33(16-27(34,3)4)26(37)23-29-10-5-11-30-23;1-17(2)20-14-22(18-7-9-19(28)10-8-18)31-34-15-23(30-24(20)34)26(36)33-13-12-32(16-27(33,3)4)25(35)21-6-5-11-29-21;1-15(2)19-12-20(17-6-8-18(27)9-7-17)31-34-13-21(28-22(19)34)24(35)33-11-10-32(14-26(33,4)5)25(36)23-30-29-16(3)37-23;1-20(2)19(31)25-8-9-28(20)18(30)16-11-29-17(26-16)14(21(3,23)24)10-15(27-29)12-4-6-13(22)7-5-12/h5-11,14-15,17H,12-13,16H2,1-4H3;6-11,14-15,17H,5,12-13,16H2,1-4H3;6-9,12-13,15H,10-11,14H2,1-5H3;4-7,10-11H,8-9H2,1-3H3,(H,25,31). The molecule has 0 saturated carbocycles. The van der Waals surface area contributed by atoms with Gasteiger partial charge in [0.05, 0.1) is 69.7 Å². The molecule has 15 heterocycles. The average Bonchev–Trinajstić information content (AvgIpc) is 1.54. The first-order chi connectivity index (χ1) is 66.8. The van der Waals surface area contributed by atoms with Crippen molar-refractivity contribution in [3.05, 3.63) is 262 Å². The van der Waals surface area contributed by atoms with E-state index in [2.05, 4.69) is 98.5 Å². The van der Waals surface area contributed by atoms with Crippen LogP contribution >= 0.6 is 0 Å². The normalized spacial score (nSPS) is 16.1. The smallest absolute Gasteiger partial charge is 0.311 e. The zero-order valence-electron chi connectivity index (χ0n) is 80.6. The van der Waals surface area contributed by atoms with E-state index >= 15 is 0 Å². The molecular weight excluding hydrogens is 1820 g/mol. The van der Waals surface area contributed by atoms with E-state index in [1.54, 1.807) is 131 Å². The summed E-state index contributed by atoms with van der Waals surface area (Å²) >= 11 is 0. The molecule has 0 aliphatic carbocycles. The third kappa shape index (κ3) is 20.6. The summed E-state index contributed by atoms with van der Waals surface area (Å²) in [6.45, 7) is 33.2. The average molecular weight is 1930 g/mol. The molecule has 0 spiro atoms. The topological polar surface area (TPSA) is 369 Å². The monoisotopic (exact) mass is 1930 g/mol. The van der Waals surface area contributed by atoms with Crippen LogP contribution in [0.15, 0.2) is 186 Å². The van der Waals surface area contributed by atoms with Crippen molar-refractivity contribution in [2.24, 2.45) is 4.99 Å². The van der Waals surface area contributed by atoms with Crippen LogP contribution in [0.2, 0.25) is 0 Å². The number of aliphatic imine (C=N–C) groups is 1. The number of carbonyl (C=O) groups is 8. The fourth-order valence-electron chi connectivity index (χ4n) is 17.7. The maximum atomic E-state index is 14.4. The molecule has 0 atom stereocenters. The van der Waals surface area contributed by atoms with Gasteiger partial charge in [0.2, 0.25) is 17.6 Å². The lowest BCUT2D eigenvalue weighted by Gasteiger charge is -2.46. The number of rotatable bonds is 15. The number of halogens is 6. The van der Waals surface area contributed by atoms with Crippen molar-refractivity contribution in [3.8, 4) is 45.0 Å². The highest BCUT2D eigenvalue weighted by atomic mass is 19.3. The minimum absolute atomic E-state index is 0.0577. The molecule has 19 rings (SSSR count). The van der Waals surface area contributed by atoms with Gasteiger partial charge in [-0.05, 0) is 207 Å². The van der Waals surface area contributed by atoms with E-state index in [0.717, 1.165) is 44.8 Å². The number of hydrogen-bond acceptors (Lipinski definition) is 22. The maximum Gasteiger partial charge on any atom is 0.311 e. The van der Waals surface area contributed by atoms with Gasteiger partial charge in [0, 0.05) is 150 Å². The number of fused-ring (bicyclic) bond motifs is 4. The highest BCUT2D eigenvalue weighted by Crippen LogP contribution is 2.38. The number of nitrogens with zero attached hydrogens (tertiary/aromatic N) is 24. The van der Waals surface area contributed by atoms with E-state index in [1.807, 2.05) is 79.7 Å². The number of benzene rings is 4. The minimum Gasteiger partial charge on any atom is -0.417 e. The molecule has 4 aromatic carbocycles. The number of amides is 8. The van der Waals surface area contributed by atoms with Crippen LogP contribution in [0.25, 0.3) is 67.6 Å². The summed E-state index contributed by atoms with van der Waals surface area (Å²) in [4.78, 5) is 147. The van der Waals surface area contributed by atoms with Crippen LogP contribution < -0.4 is 5.32 Å². The summed E-state index contributed by atoms with van der Waals surface area (Å²) in [5.74, 6) is -6.13. The Bertz CT molecular complexity index is 7250. The maximum absolute atomic E-state index is 14.4. The molecule has 141 heavy (non-hydrogen) atoms. The Morgan fingerprint density at radius 2 is 0.766 bits per heavy atom. The second-order valence-electron chi connectivity index (χ2n) is 38.5. The Morgan fingerprint density at radius 1 is 0.426 bits per heavy atom. The number of aromatic nitrogens is 16. The number of alkyl halides is 2. The predicted molar refractivity (Wildman–Crippen MR) is 509 cm³/mol.